The topological polar surface area (TPSA) is 50.2 Å². The van der Waals surface area contributed by atoms with E-state index in [9.17, 15) is 4.79 Å². The van der Waals surface area contributed by atoms with Gasteiger partial charge in [-0.15, -0.1) is 0 Å². The van der Waals surface area contributed by atoms with Gasteiger partial charge in [-0.2, -0.15) is 0 Å². The smallest absolute Gasteiger partial charge is 0.268 e. The normalized spacial score (nSPS) is 15.7. The van der Waals surface area contributed by atoms with E-state index in [0.29, 0.717) is 12.2 Å². The number of carbonyl (C=O) groups is 1. The zero-order chi connectivity index (χ0) is 20.4. The first kappa shape index (κ1) is 20.4. The highest BCUT2D eigenvalue weighted by Crippen LogP contribution is 2.35. The van der Waals surface area contributed by atoms with Crippen LogP contribution in [0.4, 0.5) is 0 Å². The summed E-state index contributed by atoms with van der Waals surface area (Å²) in [5.74, 6) is 0.727. The second-order valence-corrected chi connectivity index (χ2v) is 9.51. The van der Waals surface area contributed by atoms with Crippen molar-refractivity contribution in [3.05, 3.63) is 58.5 Å². The Kier molecular flexibility index (Phi) is 6.27. The summed E-state index contributed by atoms with van der Waals surface area (Å²) < 4.78 is 5.25. The zero-order valence-corrected chi connectivity index (χ0v) is 19.1. The summed E-state index contributed by atoms with van der Waals surface area (Å²) >= 11 is 5.40. The molecule has 2 aromatic heterocycles. The fourth-order valence-corrected chi connectivity index (χ4v) is 5.21. The van der Waals surface area contributed by atoms with Crippen LogP contribution in [-0.4, -0.2) is 32.9 Å². The van der Waals surface area contributed by atoms with Gasteiger partial charge in [-0.25, -0.2) is 4.31 Å². The standard InChI is InChI=1S/C22H25BrN4OS/c1-15-8-11-27(12-9-15)29-20-13-19(26(2)21(20)23)22(28)25-14-16-5-3-7-18-17(16)6-4-10-24-18/h3-7,10,13,15H,8-9,11-12,14H2,1-2H3,(H,25,28). The van der Waals surface area contributed by atoms with Crippen LogP contribution in [0.15, 0.2) is 52.1 Å². The van der Waals surface area contributed by atoms with E-state index in [1.807, 2.05) is 48.0 Å². The zero-order valence-electron chi connectivity index (χ0n) is 16.7. The van der Waals surface area contributed by atoms with Crippen LogP contribution in [0.25, 0.3) is 10.9 Å². The lowest BCUT2D eigenvalue weighted by molar-refractivity contribution is 0.0942. The number of piperidine rings is 1. The van der Waals surface area contributed by atoms with Crippen molar-refractivity contribution in [3.63, 3.8) is 0 Å². The van der Waals surface area contributed by atoms with E-state index in [2.05, 4.69) is 37.5 Å². The van der Waals surface area contributed by atoms with Crippen LogP contribution in [0.5, 0.6) is 0 Å². The number of pyridine rings is 1. The van der Waals surface area contributed by atoms with Crippen molar-refractivity contribution in [3.8, 4) is 0 Å². The van der Waals surface area contributed by atoms with Gasteiger partial charge in [-0.1, -0.05) is 25.1 Å². The Morgan fingerprint density at radius 1 is 1.28 bits per heavy atom. The lowest BCUT2D eigenvalue weighted by Crippen LogP contribution is -2.27. The molecule has 0 atom stereocenters. The van der Waals surface area contributed by atoms with Gasteiger partial charge in [0.25, 0.3) is 5.91 Å². The Hall–Kier alpha value is -1.83. The number of rotatable bonds is 5. The molecule has 1 aliphatic heterocycles. The molecule has 1 amide bonds. The summed E-state index contributed by atoms with van der Waals surface area (Å²) in [5.41, 5.74) is 2.66. The van der Waals surface area contributed by atoms with Crippen molar-refractivity contribution >= 4 is 44.7 Å². The molecule has 4 rings (SSSR count). The van der Waals surface area contributed by atoms with E-state index >= 15 is 0 Å². The number of fused-ring (bicyclic) bond motifs is 1. The first-order valence-corrected chi connectivity index (χ1v) is 11.5. The lowest BCUT2D eigenvalue weighted by atomic mass is 10.0. The number of amides is 1. The van der Waals surface area contributed by atoms with Crippen LogP contribution in [0.2, 0.25) is 0 Å². The number of aromatic nitrogens is 2. The number of benzene rings is 1. The van der Waals surface area contributed by atoms with E-state index in [1.165, 1.54) is 12.8 Å². The molecular weight excluding hydrogens is 448 g/mol. The second-order valence-electron chi connectivity index (χ2n) is 7.62. The molecule has 1 N–H and O–H groups in total. The summed E-state index contributed by atoms with van der Waals surface area (Å²) in [4.78, 5) is 18.4. The van der Waals surface area contributed by atoms with Crippen LogP contribution < -0.4 is 5.32 Å². The summed E-state index contributed by atoms with van der Waals surface area (Å²) in [5, 5.41) is 4.14. The largest absolute Gasteiger partial charge is 0.347 e. The molecule has 3 aromatic rings. The van der Waals surface area contributed by atoms with Gasteiger partial charge in [0.05, 0.1) is 10.4 Å². The fraction of sp³-hybridized carbons (Fsp3) is 0.364. The SMILES string of the molecule is CC1CCN(Sc2cc(C(=O)NCc3cccc4ncccc34)n(C)c2Br)CC1. The van der Waals surface area contributed by atoms with Crippen molar-refractivity contribution in [1.82, 2.24) is 19.2 Å². The molecule has 0 radical (unpaired) electrons. The average Bonchev–Trinajstić information content (AvgIpc) is 3.02. The third-order valence-corrected chi connectivity index (χ3v) is 7.86. The van der Waals surface area contributed by atoms with Crippen molar-refractivity contribution < 1.29 is 4.79 Å². The molecule has 0 aliphatic carbocycles. The number of nitrogens with zero attached hydrogens (tertiary/aromatic N) is 3. The predicted octanol–water partition coefficient (Wildman–Crippen LogP) is 5.00. The Morgan fingerprint density at radius 2 is 2.07 bits per heavy atom. The molecule has 152 valence electrons. The molecule has 0 unspecified atom stereocenters. The monoisotopic (exact) mass is 472 g/mol. The van der Waals surface area contributed by atoms with Gasteiger partial charge in [0, 0.05) is 38.3 Å². The molecule has 29 heavy (non-hydrogen) atoms. The minimum Gasteiger partial charge on any atom is -0.347 e. The molecule has 7 heteroatoms. The maximum atomic E-state index is 12.9. The number of carbonyl (C=O) groups excluding carboxylic acids is 1. The fourth-order valence-electron chi connectivity index (χ4n) is 3.64. The summed E-state index contributed by atoms with van der Waals surface area (Å²) in [6.45, 7) is 4.96. The number of nitrogens with one attached hydrogen (secondary N) is 1. The molecule has 1 saturated heterocycles. The summed E-state index contributed by atoms with van der Waals surface area (Å²) in [6, 6.07) is 11.9. The second kappa shape index (κ2) is 8.90. The first-order chi connectivity index (χ1) is 14.0. The molecule has 1 aromatic carbocycles. The van der Waals surface area contributed by atoms with Crippen LogP contribution >= 0.6 is 27.9 Å². The van der Waals surface area contributed by atoms with Crippen molar-refractivity contribution in [2.24, 2.45) is 13.0 Å². The van der Waals surface area contributed by atoms with Gasteiger partial charge in [-0.3, -0.25) is 9.78 Å². The van der Waals surface area contributed by atoms with Gasteiger partial charge < -0.3 is 9.88 Å². The van der Waals surface area contributed by atoms with Crippen LogP contribution in [-0.2, 0) is 13.6 Å². The third kappa shape index (κ3) is 4.52. The summed E-state index contributed by atoms with van der Waals surface area (Å²) in [7, 11) is 1.92. The van der Waals surface area contributed by atoms with E-state index in [-0.39, 0.29) is 5.91 Å². The Bertz CT molecular complexity index is 1020. The summed E-state index contributed by atoms with van der Waals surface area (Å²) in [6.07, 6.45) is 4.24. The Morgan fingerprint density at radius 3 is 2.86 bits per heavy atom. The molecule has 1 aliphatic rings. The Balaban J connectivity index is 1.46. The Labute approximate surface area is 184 Å². The van der Waals surface area contributed by atoms with E-state index in [1.54, 1.807) is 18.1 Å². The number of hydrogen-bond donors (Lipinski definition) is 1. The third-order valence-electron chi connectivity index (χ3n) is 5.51. The quantitative estimate of drug-likeness (QED) is 0.530. The highest BCUT2D eigenvalue weighted by atomic mass is 79.9. The van der Waals surface area contributed by atoms with Gasteiger partial charge in [-0.05, 0) is 70.4 Å². The van der Waals surface area contributed by atoms with Crippen molar-refractivity contribution in [2.45, 2.75) is 31.2 Å². The maximum absolute atomic E-state index is 12.9. The highest BCUT2D eigenvalue weighted by Gasteiger charge is 2.21. The van der Waals surface area contributed by atoms with Gasteiger partial charge in [0.15, 0.2) is 0 Å². The molecule has 1 fully saturated rings. The van der Waals surface area contributed by atoms with Crippen LogP contribution in [0, 0.1) is 5.92 Å². The first-order valence-electron chi connectivity index (χ1n) is 9.92. The average molecular weight is 473 g/mol. The molecule has 5 nitrogen and oxygen atoms in total. The molecule has 0 bridgehead atoms. The molecule has 0 saturated carbocycles. The highest BCUT2D eigenvalue weighted by molar-refractivity contribution is 9.10. The van der Waals surface area contributed by atoms with Gasteiger partial charge in [0.1, 0.15) is 10.3 Å². The predicted molar refractivity (Wildman–Crippen MR) is 122 cm³/mol. The van der Waals surface area contributed by atoms with E-state index < -0.39 is 0 Å². The number of hydrogen-bond acceptors (Lipinski definition) is 4. The molecule has 3 heterocycles. The minimum absolute atomic E-state index is 0.0757. The van der Waals surface area contributed by atoms with Crippen molar-refractivity contribution in [2.75, 3.05) is 13.1 Å². The van der Waals surface area contributed by atoms with Crippen LogP contribution in [0.1, 0.15) is 35.8 Å². The lowest BCUT2D eigenvalue weighted by Gasteiger charge is -2.28. The molecule has 0 spiro atoms. The maximum Gasteiger partial charge on any atom is 0.268 e. The van der Waals surface area contributed by atoms with E-state index in [0.717, 1.165) is 45.0 Å². The molecular formula is C22H25BrN4OS. The van der Waals surface area contributed by atoms with Crippen molar-refractivity contribution in [1.29, 1.82) is 0 Å². The van der Waals surface area contributed by atoms with Gasteiger partial charge >= 0.3 is 0 Å². The van der Waals surface area contributed by atoms with Gasteiger partial charge in [0.2, 0.25) is 0 Å². The minimum atomic E-state index is -0.0757. The van der Waals surface area contributed by atoms with Crippen LogP contribution in [0.3, 0.4) is 0 Å². The number of halogens is 1. The van der Waals surface area contributed by atoms with E-state index in [4.69, 9.17) is 0 Å².